The predicted octanol–water partition coefficient (Wildman–Crippen LogP) is 3.09. The second-order valence-electron chi connectivity index (χ2n) is 6.69. The Balaban J connectivity index is 2.45. The van der Waals surface area contributed by atoms with Crippen molar-refractivity contribution in [3.63, 3.8) is 0 Å². The van der Waals surface area contributed by atoms with Gasteiger partial charge >= 0.3 is 0 Å². The maximum Gasteiger partial charge on any atom is 0.145 e. The quantitative estimate of drug-likeness (QED) is 0.672. The van der Waals surface area contributed by atoms with Gasteiger partial charge in [-0.05, 0) is 24.1 Å². The Kier molecular flexibility index (Phi) is 2.62. The molecule has 2 aromatic heterocycles. The first-order valence-electron chi connectivity index (χ1n) is 7.79. The summed E-state index contributed by atoms with van der Waals surface area (Å²) in [5.74, 6) is 0. The van der Waals surface area contributed by atoms with Crippen LogP contribution in [-0.2, 0) is 11.8 Å². The Morgan fingerprint density at radius 2 is 2.09 bits per heavy atom. The van der Waals surface area contributed by atoms with E-state index in [2.05, 4.69) is 62.1 Å². The second-order valence-corrected chi connectivity index (χ2v) is 6.69. The van der Waals surface area contributed by atoms with E-state index in [4.69, 9.17) is 4.98 Å². The molecule has 0 aliphatic carbocycles. The molecule has 2 nitrogen and oxygen atoms in total. The standard InChI is InChI=1S/C20H20N2/c1-5-8-16-14(6-2)15-10-7-9-13-11-20(3,4)17-12-21-19(16)22(17)18(13)15/h5-10,12H,1,11H2,2-4H3/b14-6-,16-8+. The number of benzene rings is 1. The van der Waals surface area contributed by atoms with Gasteiger partial charge in [0.2, 0.25) is 0 Å². The first kappa shape index (κ1) is 13.3. The molecule has 2 heteroatoms. The lowest BCUT2D eigenvalue weighted by molar-refractivity contribution is 0.494. The molecule has 4 rings (SSSR count). The molecule has 3 aromatic rings. The molecule has 3 heterocycles. The van der Waals surface area contributed by atoms with E-state index >= 15 is 0 Å². The van der Waals surface area contributed by atoms with Crippen molar-refractivity contribution in [1.82, 2.24) is 9.38 Å². The predicted molar refractivity (Wildman–Crippen MR) is 93.5 cm³/mol. The Morgan fingerprint density at radius 3 is 2.82 bits per heavy atom. The monoisotopic (exact) mass is 288 g/mol. The van der Waals surface area contributed by atoms with E-state index in [0.29, 0.717) is 0 Å². The highest BCUT2D eigenvalue weighted by Gasteiger charge is 2.31. The maximum absolute atomic E-state index is 4.76. The molecule has 1 aliphatic heterocycles. The van der Waals surface area contributed by atoms with Gasteiger partial charge in [0.1, 0.15) is 5.65 Å². The largest absolute Gasteiger partial charge is 0.295 e. The van der Waals surface area contributed by atoms with E-state index in [1.54, 1.807) is 0 Å². The van der Waals surface area contributed by atoms with Gasteiger partial charge in [-0.15, -0.1) is 0 Å². The Morgan fingerprint density at radius 1 is 1.27 bits per heavy atom. The zero-order valence-corrected chi connectivity index (χ0v) is 13.4. The van der Waals surface area contributed by atoms with Crippen molar-refractivity contribution in [2.24, 2.45) is 0 Å². The van der Waals surface area contributed by atoms with Crippen LogP contribution in [0, 0.1) is 0 Å². The van der Waals surface area contributed by atoms with Crippen molar-refractivity contribution < 1.29 is 0 Å². The summed E-state index contributed by atoms with van der Waals surface area (Å²) >= 11 is 0. The summed E-state index contributed by atoms with van der Waals surface area (Å²) in [6, 6.07) is 6.64. The zero-order valence-electron chi connectivity index (χ0n) is 13.4. The first-order valence-corrected chi connectivity index (χ1v) is 7.79. The highest BCUT2D eigenvalue weighted by Crippen LogP contribution is 2.35. The molecule has 1 aromatic carbocycles. The van der Waals surface area contributed by atoms with Crippen LogP contribution in [0.4, 0.5) is 0 Å². The molecule has 0 saturated heterocycles. The molecule has 110 valence electrons. The molecule has 0 bridgehead atoms. The van der Waals surface area contributed by atoms with Crippen molar-refractivity contribution in [2.75, 3.05) is 0 Å². The van der Waals surface area contributed by atoms with Gasteiger partial charge in [0.15, 0.2) is 0 Å². The first-order chi connectivity index (χ1) is 10.6. The molecule has 0 unspecified atom stereocenters. The van der Waals surface area contributed by atoms with Crippen LogP contribution in [0.2, 0.25) is 0 Å². The maximum atomic E-state index is 4.76. The Labute approximate surface area is 130 Å². The summed E-state index contributed by atoms with van der Waals surface area (Å²) in [7, 11) is 0. The van der Waals surface area contributed by atoms with Crippen LogP contribution in [-0.4, -0.2) is 9.38 Å². The van der Waals surface area contributed by atoms with Gasteiger partial charge in [-0.25, -0.2) is 4.98 Å². The van der Waals surface area contributed by atoms with Crippen molar-refractivity contribution in [3.8, 4) is 0 Å². The normalized spacial score (nSPS) is 17.8. The van der Waals surface area contributed by atoms with Crippen molar-refractivity contribution in [2.45, 2.75) is 32.6 Å². The van der Waals surface area contributed by atoms with Crippen LogP contribution in [0.1, 0.15) is 32.0 Å². The van der Waals surface area contributed by atoms with Crippen LogP contribution in [0.3, 0.4) is 0 Å². The molecule has 0 N–H and O–H groups in total. The minimum Gasteiger partial charge on any atom is -0.295 e. The summed E-state index contributed by atoms with van der Waals surface area (Å²) in [5.41, 5.74) is 5.16. The SMILES string of the molecule is C=C/C=c1\c(=C/C)c2cccc3c2n2c(cnc12)C(C)(C)C3. The fraction of sp³-hybridized carbons (Fsp3) is 0.250. The van der Waals surface area contributed by atoms with Gasteiger partial charge in [0, 0.05) is 27.9 Å². The molecule has 0 radical (unpaired) electrons. The molecule has 1 aliphatic rings. The molecule has 0 atom stereocenters. The highest BCUT2D eigenvalue weighted by molar-refractivity contribution is 5.88. The number of imidazole rings is 1. The molecule has 0 amide bonds. The molecular weight excluding hydrogens is 268 g/mol. The molecule has 22 heavy (non-hydrogen) atoms. The van der Waals surface area contributed by atoms with E-state index in [1.807, 2.05) is 12.3 Å². The Hall–Kier alpha value is -2.35. The molecule has 0 saturated carbocycles. The number of para-hydroxylation sites is 1. The minimum absolute atomic E-state index is 0.101. The number of hydrogen-bond acceptors (Lipinski definition) is 1. The van der Waals surface area contributed by atoms with E-state index in [0.717, 1.165) is 17.3 Å². The number of nitrogens with zero attached hydrogens (tertiary/aromatic N) is 2. The van der Waals surface area contributed by atoms with Crippen LogP contribution in [0.25, 0.3) is 28.7 Å². The fourth-order valence-electron chi connectivity index (χ4n) is 3.89. The van der Waals surface area contributed by atoms with E-state index in [9.17, 15) is 0 Å². The lowest BCUT2D eigenvalue weighted by Crippen LogP contribution is -2.33. The third kappa shape index (κ3) is 1.52. The van der Waals surface area contributed by atoms with Gasteiger partial charge in [-0.2, -0.15) is 0 Å². The average molecular weight is 288 g/mol. The number of hydrogen-bond donors (Lipinski definition) is 0. The number of aromatic nitrogens is 2. The van der Waals surface area contributed by atoms with Gasteiger partial charge in [-0.1, -0.05) is 56.9 Å². The lowest BCUT2D eigenvalue weighted by Gasteiger charge is -2.30. The third-order valence-electron chi connectivity index (χ3n) is 4.83. The summed E-state index contributed by atoms with van der Waals surface area (Å²) in [5, 5.41) is 3.71. The smallest absolute Gasteiger partial charge is 0.145 e. The number of rotatable bonds is 1. The second kappa shape index (κ2) is 4.33. The minimum atomic E-state index is 0.101. The molecule has 0 fully saturated rings. The number of pyridine rings is 1. The summed E-state index contributed by atoms with van der Waals surface area (Å²) < 4.78 is 2.36. The topological polar surface area (TPSA) is 17.3 Å². The highest BCUT2D eigenvalue weighted by atomic mass is 15.0. The van der Waals surface area contributed by atoms with E-state index < -0.39 is 0 Å². The number of allylic oxidation sites excluding steroid dienone is 1. The summed E-state index contributed by atoms with van der Waals surface area (Å²) in [6.07, 6.45) is 9.21. The van der Waals surface area contributed by atoms with Crippen LogP contribution >= 0.6 is 0 Å². The van der Waals surface area contributed by atoms with Crippen molar-refractivity contribution in [3.05, 3.63) is 58.7 Å². The summed E-state index contributed by atoms with van der Waals surface area (Å²) in [4.78, 5) is 4.76. The zero-order chi connectivity index (χ0) is 15.5. The molecule has 0 spiro atoms. The third-order valence-corrected chi connectivity index (χ3v) is 4.83. The van der Waals surface area contributed by atoms with Gasteiger partial charge in [0.25, 0.3) is 0 Å². The van der Waals surface area contributed by atoms with Crippen molar-refractivity contribution >= 4 is 28.7 Å². The van der Waals surface area contributed by atoms with Crippen molar-refractivity contribution in [1.29, 1.82) is 0 Å². The van der Waals surface area contributed by atoms with Gasteiger partial charge in [-0.3, -0.25) is 4.40 Å². The molecular formula is C20H20N2. The van der Waals surface area contributed by atoms with Gasteiger partial charge < -0.3 is 0 Å². The van der Waals surface area contributed by atoms with E-state index in [1.165, 1.54) is 27.4 Å². The lowest BCUT2D eigenvalue weighted by atomic mass is 9.80. The average Bonchev–Trinajstić information content (AvgIpc) is 2.93. The van der Waals surface area contributed by atoms with Crippen LogP contribution < -0.4 is 10.4 Å². The summed E-state index contributed by atoms with van der Waals surface area (Å²) in [6.45, 7) is 10.6. The van der Waals surface area contributed by atoms with E-state index in [-0.39, 0.29) is 5.41 Å². The van der Waals surface area contributed by atoms with Gasteiger partial charge in [0.05, 0.1) is 5.52 Å². The van der Waals surface area contributed by atoms with Crippen LogP contribution in [0.5, 0.6) is 0 Å². The Bertz CT molecular complexity index is 1050. The van der Waals surface area contributed by atoms with Crippen LogP contribution in [0.15, 0.2) is 37.1 Å². The fourth-order valence-corrected chi connectivity index (χ4v) is 3.89.